The molecule has 0 aromatic heterocycles. The zero-order chi connectivity index (χ0) is 16.2. The van der Waals surface area contributed by atoms with Gasteiger partial charge >= 0.3 is 0 Å². The summed E-state index contributed by atoms with van der Waals surface area (Å²) < 4.78 is 13.5. The van der Waals surface area contributed by atoms with E-state index in [1.807, 2.05) is 6.07 Å². The molecule has 0 saturated carbocycles. The first-order chi connectivity index (χ1) is 11.1. The molecule has 0 aliphatic carbocycles. The lowest BCUT2D eigenvalue weighted by molar-refractivity contribution is -0.117. The Kier molecular flexibility index (Phi) is 4.37. The molecular formula is C18H17FN2O2. The number of halogens is 1. The highest BCUT2D eigenvalue weighted by Gasteiger charge is 2.15. The van der Waals surface area contributed by atoms with Gasteiger partial charge in [0.2, 0.25) is 11.8 Å². The predicted octanol–water partition coefficient (Wildman–Crippen LogP) is 3.28. The first-order valence-corrected chi connectivity index (χ1v) is 7.58. The Labute approximate surface area is 133 Å². The number of hydrogen-bond donors (Lipinski definition) is 2. The minimum Gasteiger partial charge on any atom is -0.326 e. The summed E-state index contributed by atoms with van der Waals surface area (Å²) in [6.45, 7) is 0. The molecule has 0 atom stereocenters. The van der Waals surface area contributed by atoms with Crippen molar-refractivity contribution in [3.05, 3.63) is 59.4 Å². The van der Waals surface area contributed by atoms with Gasteiger partial charge in [-0.2, -0.15) is 0 Å². The molecule has 4 nitrogen and oxygen atoms in total. The fourth-order valence-electron chi connectivity index (χ4n) is 2.63. The molecule has 118 valence electrons. The molecule has 0 bridgehead atoms. The van der Waals surface area contributed by atoms with Gasteiger partial charge in [-0.05, 0) is 48.2 Å². The van der Waals surface area contributed by atoms with E-state index in [0.29, 0.717) is 30.5 Å². The normalized spacial score (nSPS) is 13.2. The second-order valence-corrected chi connectivity index (χ2v) is 5.56. The van der Waals surface area contributed by atoms with Crippen molar-refractivity contribution in [1.82, 2.24) is 0 Å². The first-order valence-electron chi connectivity index (χ1n) is 7.58. The van der Waals surface area contributed by atoms with Gasteiger partial charge in [0.1, 0.15) is 5.82 Å². The van der Waals surface area contributed by atoms with Crippen LogP contribution in [0.25, 0.3) is 0 Å². The van der Waals surface area contributed by atoms with E-state index in [9.17, 15) is 14.0 Å². The largest absolute Gasteiger partial charge is 0.326 e. The Morgan fingerprint density at radius 2 is 2.00 bits per heavy atom. The van der Waals surface area contributed by atoms with Crippen LogP contribution < -0.4 is 10.6 Å². The van der Waals surface area contributed by atoms with Crippen molar-refractivity contribution in [3.63, 3.8) is 0 Å². The Bertz CT molecular complexity index is 758. The van der Waals surface area contributed by atoms with Gasteiger partial charge in [-0.15, -0.1) is 0 Å². The number of fused-ring (bicyclic) bond motifs is 1. The van der Waals surface area contributed by atoms with Crippen LogP contribution in [0.1, 0.15) is 24.0 Å². The lowest BCUT2D eigenvalue weighted by Gasteiger charge is -2.17. The quantitative estimate of drug-likeness (QED) is 0.910. The third-order valence-corrected chi connectivity index (χ3v) is 3.86. The van der Waals surface area contributed by atoms with Crippen LogP contribution in [0.15, 0.2) is 42.5 Å². The lowest BCUT2D eigenvalue weighted by atomic mass is 10.0. The Hall–Kier alpha value is -2.69. The van der Waals surface area contributed by atoms with Crippen LogP contribution in [0, 0.1) is 5.82 Å². The van der Waals surface area contributed by atoms with E-state index in [1.165, 1.54) is 6.07 Å². The third kappa shape index (κ3) is 3.74. The third-order valence-electron chi connectivity index (χ3n) is 3.86. The molecular weight excluding hydrogens is 295 g/mol. The minimum absolute atomic E-state index is 0.0131. The van der Waals surface area contributed by atoms with Crippen LogP contribution in [-0.4, -0.2) is 11.8 Å². The van der Waals surface area contributed by atoms with Crippen LogP contribution in [-0.2, 0) is 22.4 Å². The van der Waals surface area contributed by atoms with Gasteiger partial charge in [-0.3, -0.25) is 9.59 Å². The smallest absolute Gasteiger partial charge is 0.224 e. The van der Waals surface area contributed by atoms with Crippen molar-refractivity contribution < 1.29 is 14.0 Å². The molecule has 0 radical (unpaired) electrons. The van der Waals surface area contributed by atoms with Crippen LogP contribution in [0.2, 0.25) is 0 Å². The van der Waals surface area contributed by atoms with Crippen molar-refractivity contribution in [2.24, 2.45) is 0 Å². The predicted molar refractivity (Wildman–Crippen MR) is 86.7 cm³/mol. The van der Waals surface area contributed by atoms with Crippen LogP contribution in [0.4, 0.5) is 15.8 Å². The molecule has 2 amide bonds. The molecule has 1 heterocycles. The van der Waals surface area contributed by atoms with Gasteiger partial charge in [0.15, 0.2) is 0 Å². The summed E-state index contributed by atoms with van der Waals surface area (Å²) in [6, 6.07) is 11.9. The van der Waals surface area contributed by atoms with Crippen molar-refractivity contribution in [3.8, 4) is 0 Å². The number of hydrogen-bond acceptors (Lipinski definition) is 2. The van der Waals surface area contributed by atoms with Gasteiger partial charge in [0, 0.05) is 24.2 Å². The van der Waals surface area contributed by atoms with Gasteiger partial charge in [0.05, 0.1) is 0 Å². The van der Waals surface area contributed by atoms with Gasteiger partial charge in [0.25, 0.3) is 0 Å². The van der Waals surface area contributed by atoms with Crippen molar-refractivity contribution in [2.45, 2.75) is 25.7 Å². The molecule has 23 heavy (non-hydrogen) atoms. The monoisotopic (exact) mass is 312 g/mol. The maximum atomic E-state index is 13.5. The van der Waals surface area contributed by atoms with E-state index in [1.54, 1.807) is 30.3 Å². The summed E-state index contributed by atoms with van der Waals surface area (Å²) >= 11 is 0. The van der Waals surface area contributed by atoms with E-state index < -0.39 is 0 Å². The SMILES string of the molecule is O=C(CCc1ccccc1F)Nc1ccc2c(c1)CCC(=O)N2. The zero-order valence-electron chi connectivity index (χ0n) is 12.6. The van der Waals surface area contributed by atoms with E-state index in [0.717, 1.165) is 11.3 Å². The van der Waals surface area contributed by atoms with Gasteiger partial charge in [-0.25, -0.2) is 4.39 Å². The molecule has 1 aliphatic heterocycles. The standard InChI is InChI=1S/C18H17FN2O2/c19-15-4-2-1-3-12(15)5-9-17(22)20-14-7-8-16-13(11-14)6-10-18(23)21-16/h1-4,7-8,11H,5-6,9-10H2,(H,20,22)(H,21,23). The van der Waals surface area contributed by atoms with Crippen molar-refractivity contribution >= 4 is 23.2 Å². The Morgan fingerprint density at radius 3 is 2.83 bits per heavy atom. The number of amides is 2. The zero-order valence-corrected chi connectivity index (χ0v) is 12.6. The molecule has 0 fully saturated rings. The molecule has 0 saturated heterocycles. The van der Waals surface area contributed by atoms with E-state index >= 15 is 0 Å². The molecule has 2 aromatic rings. The second kappa shape index (κ2) is 6.60. The fourth-order valence-corrected chi connectivity index (χ4v) is 2.63. The minimum atomic E-state index is -0.287. The number of nitrogens with one attached hydrogen (secondary N) is 2. The average molecular weight is 312 g/mol. The van der Waals surface area contributed by atoms with Crippen molar-refractivity contribution in [2.75, 3.05) is 10.6 Å². The molecule has 2 N–H and O–H groups in total. The number of benzene rings is 2. The summed E-state index contributed by atoms with van der Waals surface area (Å²) in [7, 11) is 0. The van der Waals surface area contributed by atoms with Crippen LogP contribution >= 0.6 is 0 Å². The molecule has 1 aliphatic rings. The van der Waals surface area contributed by atoms with Gasteiger partial charge < -0.3 is 10.6 Å². The highest BCUT2D eigenvalue weighted by Crippen LogP contribution is 2.25. The maximum Gasteiger partial charge on any atom is 0.224 e. The van der Waals surface area contributed by atoms with Crippen LogP contribution in [0.3, 0.4) is 0 Å². The molecule has 5 heteroatoms. The summed E-state index contributed by atoms with van der Waals surface area (Å²) in [5, 5.41) is 5.62. The number of anilines is 2. The molecule has 3 rings (SSSR count). The molecule has 0 spiro atoms. The Morgan fingerprint density at radius 1 is 1.17 bits per heavy atom. The number of aryl methyl sites for hydroxylation is 2. The lowest BCUT2D eigenvalue weighted by Crippen LogP contribution is -2.19. The van der Waals surface area contributed by atoms with Gasteiger partial charge in [-0.1, -0.05) is 18.2 Å². The summed E-state index contributed by atoms with van der Waals surface area (Å²) in [5.74, 6) is -0.433. The number of carbonyl (C=O) groups is 2. The fraction of sp³-hybridized carbons (Fsp3) is 0.222. The van der Waals surface area contributed by atoms with Crippen LogP contribution in [0.5, 0.6) is 0 Å². The summed E-state index contributed by atoms with van der Waals surface area (Å²) in [6.07, 6.45) is 1.70. The molecule has 2 aromatic carbocycles. The maximum absolute atomic E-state index is 13.5. The van der Waals surface area contributed by atoms with Crippen molar-refractivity contribution in [1.29, 1.82) is 0 Å². The summed E-state index contributed by atoms with van der Waals surface area (Å²) in [5.41, 5.74) is 3.04. The average Bonchev–Trinajstić information content (AvgIpc) is 2.54. The number of rotatable bonds is 4. The second-order valence-electron chi connectivity index (χ2n) is 5.56. The number of carbonyl (C=O) groups excluding carboxylic acids is 2. The molecule has 0 unspecified atom stereocenters. The van der Waals surface area contributed by atoms with E-state index in [2.05, 4.69) is 10.6 Å². The highest BCUT2D eigenvalue weighted by atomic mass is 19.1. The topological polar surface area (TPSA) is 58.2 Å². The Balaban J connectivity index is 1.60. The first kappa shape index (κ1) is 15.2. The van der Waals surface area contributed by atoms with E-state index in [4.69, 9.17) is 0 Å². The highest BCUT2D eigenvalue weighted by molar-refractivity contribution is 5.95. The van der Waals surface area contributed by atoms with E-state index in [-0.39, 0.29) is 24.1 Å². The summed E-state index contributed by atoms with van der Waals surface area (Å²) in [4.78, 5) is 23.3.